The second kappa shape index (κ2) is 7.88. The number of benzene rings is 1. The topological polar surface area (TPSA) is 80.3 Å². The molecule has 1 aliphatic carbocycles. The van der Waals surface area contributed by atoms with Gasteiger partial charge in [-0.15, -0.1) is 0 Å². The first-order valence-electron chi connectivity index (χ1n) is 9.40. The van der Waals surface area contributed by atoms with Gasteiger partial charge in [-0.2, -0.15) is 0 Å². The van der Waals surface area contributed by atoms with Crippen LogP contribution in [0.5, 0.6) is 0 Å². The maximum absolute atomic E-state index is 12.5. The van der Waals surface area contributed by atoms with E-state index in [1.165, 1.54) is 0 Å². The van der Waals surface area contributed by atoms with Gasteiger partial charge in [-0.1, -0.05) is 6.07 Å². The smallest absolute Gasteiger partial charge is 0.251 e. The molecule has 0 unspecified atom stereocenters. The monoisotopic (exact) mass is 365 g/mol. The number of carbonyl (C=O) groups excluding carboxylic acids is 2. The number of rotatable bonds is 4. The van der Waals surface area contributed by atoms with Crippen molar-refractivity contribution < 1.29 is 14.3 Å². The molecule has 0 saturated heterocycles. The van der Waals surface area contributed by atoms with E-state index in [2.05, 4.69) is 15.6 Å². The molecule has 140 valence electrons. The van der Waals surface area contributed by atoms with E-state index in [1.807, 2.05) is 24.3 Å². The summed E-state index contributed by atoms with van der Waals surface area (Å²) in [7, 11) is 0. The van der Waals surface area contributed by atoms with Gasteiger partial charge in [-0.05, 0) is 61.1 Å². The van der Waals surface area contributed by atoms with Crippen molar-refractivity contribution in [1.82, 2.24) is 10.3 Å². The van der Waals surface area contributed by atoms with Gasteiger partial charge < -0.3 is 15.4 Å². The molecule has 1 aromatic heterocycles. The molecule has 2 heterocycles. The Morgan fingerprint density at radius 3 is 2.63 bits per heavy atom. The van der Waals surface area contributed by atoms with Crippen molar-refractivity contribution >= 4 is 17.5 Å². The molecule has 1 saturated carbocycles. The number of pyridine rings is 1. The molecule has 1 fully saturated rings. The van der Waals surface area contributed by atoms with E-state index in [0.29, 0.717) is 18.8 Å². The van der Waals surface area contributed by atoms with Crippen molar-refractivity contribution in [3.05, 3.63) is 59.4 Å². The maximum atomic E-state index is 12.5. The van der Waals surface area contributed by atoms with Crippen LogP contribution >= 0.6 is 0 Å². The van der Waals surface area contributed by atoms with Gasteiger partial charge >= 0.3 is 0 Å². The van der Waals surface area contributed by atoms with Crippen LogP contribution in [0.25, 0.3) is 0 Å². The summed E-state index contributed by atoms with van der Waals surface area (Å²) in [4.78, 5) is 28.9. The fourth-order valence-electron chi connectivity index (χ4n) is 3.76. The Labute approximate surface area is 158 Å². The summed E-state index contributed by atoms with van der Waals surface area (Å²) in [5.41, 5.74) is 3.65. The van der Waals surface area contributed by atoms with Crippen LogP contribution in [0.1, 0.15) is 47.2 Å². The van der Waals surface area contributed by atoms with Crippen molar-refractivity contribution in [2.75, 3.05) is 5.32 Å². The highest BCUT2D eigenvalue weighted by atomic mass is 16.5. The molecule has 6 nitrogen and oxygen atoms in total. The standard InChI is InChI=1S/C21H23N3O3/c25-20(24-19-2-1-9-22-11-19)14-5-7-18(8-6-14)23-21(26)15-3-4-16-12-27-13-17(16)10-15/h1-4,9-11,14,18H,5-8,12-13H2,(H,23,26)(H,24,25). The van der Waals surface area contributed by atoms with Gasteiger partial charge in [0.2, 0.25) is 5.91 Å². The zero-order valence-corrected chi connectivity index (χ0v) is 15.1. The number of amides is 2. The van der Waals surface area contributed by atoms with Crippen LogP contribution in [0, 0.1) is 5.92 Å². The highest BCUT2D eigenvalue weighted by Gasteiger charge is 2.27. The first kappa shape index (κ1) is 17.7. The van der Waals surface area contributed by atoms with Crippen LogP contribution in [0.4, 0.5) is 5.69 Å². The van der Waals surface area contributed by atoms with Gasteiger partial charge in [0.1, 0.15) is 0 Å². The van der Waals surface area contributed by atoms with E-state index in [1.54, 1.807) is 18.5 Å². The number of aromatic nitrogens is 1. The Morgan fingerprint density at radius 1 is 1.04 bits per heavy atom. The van der Waals surface area contributed by atoms with Crippen molar-refractivity contribution in [1.29, 1.82) is 0 Å². The van der Waals surface area contributed by atoms with Crippen LogP contribution in [0.15, 0.2) is 42.7 Å². The van der Waals surface area contributed by atoms with E-state index in [4.69, 9.17) is 4.74 Å². The Balaban J connectivity index is 1.28. The minimum Gasteiger partial charge on any atom is -0.372 e. The SMILES string of the molecule is O=C(NC1CCC(C(=O)Nc2cccnc2)CC1)c1ccc2c(c1)COC2. The quantitative estimate of drug-likeness (QED) is 0.873. The molecule has 27 heavy (non-hydrogen) atoms. The molecule has 4 rings (SSSR count). The minimum absolute atomic E-state index is 0.0181. The first-order chi connectivity index (χ1) is 13.2. The summed E-state index contributed by atoms with van der Waals surface area (Å²) >= 11 is 0. The molecule has 2 amide bonds. The third-order valence-corrected chi connectivity index (χ3v) is 5.35. The summed E-state index contributed by atoms with van der Waals surface area (Å²) in [6.07, 6.45) is 6.49. The molecular weight excluding hydrogens is 342 g/mol. The zero-order chi connectivity index (χ0) is 18.6. The van der Waals surface area contributed by atoms with Gasteiger partial charge in [0.25, 0.3) is 5.91 Å². The van der Waals surface area contributed by atoms with Gasteiger partial charge in [0.05, 0.1) is 25.1 Å². The van der Waals surface area contributed by atoms with Crippen LogP contribution in [0.3, 0.4) is 0 Å². The number of nitrogens with zero attached hydrogens (tertiary/aromatic N) is 1. The molecule has 0 bridgehead atoms. The van der Waals surface area contributed by atoms with Crippen molar-refractivity contribution in [2.45, 2.75) is 44.9 Å². The lowest BCUT2D eigenvalue weighted by Gasteiger charge is -2.28. The summed E-state index contributed by atoms with van der Waals surface area (Å²) in [5.74, 6) is -0.0325. The summed E-state index contributed by atoms with van der Waals surface area (Å²) in [6.45, 7) is 1.20. The van der Waals surface area contributed by atoms with Crippen LogP contribution < -0.4 is 10.6 Å². The molecular formula is C21H23N3O3. The van der Waals surface area contributed by atoms with E-state index in [-0.39, 0.29) is 23.8 Å². The molecule has 6 heteroatoms. The van der Waals surface area contributed by atoms with E-state index in [0.717, 1.165) is 42.5 Å². The number of hydrogen-bond donors (Lipinski definition) is 2. The van der Waals surface area contributed by atoms with Gasteiger partial charge in [0, 0.05) is 23.7 Å². The highest BCUT2D eigenvalue weighted by molar-refractivity contribution is 5.95. The third-order valence-electron chi connectivity index (χ3n) is 5.35. The second-order valence-corrected chi connectivity index (χ2v) is 7.23. The van der Waals surface area contributed by atoms with Crippen LogP contribution in [-0.4, -0.2) is 22.8 Å². The Kier molecular flexibility index (Phi) is 5.16. The van der Waals surface area contributed by atoms with Crippen LogP contribution in [0.2, 0.25) is 0 Å². The lowest BCUT2D eigenvalue weighted by molar-refractivity contribution is -0.120. The number of ether oxygens (including phenoxy) is 1. The molecule has 2 N–H and O–H groups in total. The highest BCUT2D eigenvalue weighted by Crippen LogP contribution is 2.26. The fourth-order valence-corrected chi connectivity index (χ4v) is 3.76. The van der Waals surface area contributed by atoms with Crippen LogP contribution in [-0.2, 0) is 22.7 Å². The largest absolute Gasteiger partial charge is 0.372 e. The summed E-state index contributed by atoms with van der Waals surface area (Å²) in [6, 6.07) is 9.49. The number of nitrogens with one attached hydrogen (secondary N) is 2. The molecule has 2 aliphatic rings. The molecule has 2 aromatic rings. The summed E-state index contributed by atoms with van der Waals surface area (Å²) < 4.78 is 5.40. The molecule has 1 aromatic carbocycles. The Bertz CT molecular complexity index is 830. The average molecular weight is 365 g/mol. The summed E-state index contributed by atoms with van der Waals surface area (Å²) in [5, 5.41) is 6.03. The Hall–Kier alpha value is -2.73. The molecule has 0 radical (unpaired) electrons. The predicted molar refractivity (Wildman–Crippen MR) is 101 cm³/mol. The number of carbonyl (C=O) groups is 2. The maximum Gasteiger partial charge on any atom is 0.251 e. The lowest BCUT2D eigenvalue weighted by Crippen LogP contribution is -2.39. The molecule has 1 aliphatic heterocycles. The third kappa shape index (κ3) is 4.17. The van der Waals surface area contributed by atoms with Crippen molar-refractivity contribution in [3.8, 4) is 0 Å². The first-order valence-corrected chi connectivity index (χ1v) is 9.40. The molecule has 0 spiro atoms. The van der Waals surface area contributed by atoms with Gasteiger partial charge in [0.15, 0.2) is 0 Å². The van der Waals surface area contributed by atoms with E-state index in [9.17, 15) is 9.59 Å². The normalized spacial score (nSPS) is 21.3. The lowest BCUT2D eigenvalue weighted by atomic mass is 9.85. The van der Waals surface area contributed by atoms with Gasteiger partial charge in [-0.3, -0.25) is 14.6 Å². The van der Waals surface area contributed by atoms with Crippen molar-refractivity contribution in [2.24, 2.45) is 5.92 Å². The number of anilines is 1. The second-order valence-electron chi connectivity index (χ2n) is 7.23. The van der Waals surface area contributed by atoms with Crippen molar-refractivity contribution in [3.63, 3.8) is 0 Å². The number of hydrogen-bond acceptors (Lipinski definition) is 4. The zero-order valence-electron chi connectivity index (χ0n) is 15.1. The minimum atomic E-state index is -0.0482. The average Bonchev–Trinajstić information content (AvgIpc) is 3.17. The fraction of sp³-hybridized carbons (Fsp3) is 0.381. The molecule has 0 atom stereocenters. The predicted octanol–water partition coefficient (Wildman–Crippen LogP) is 3.04. The Morgan fingerprint density at radius 2 is 1.85 bits per heavy atom. The van der Waals surface area contributed by atoms with Gasteiger partial charge in [-0.25, -0.2) is 0 Å². The van der Waals surface area contributed by atoms with E-state index < -0.39 is 0 Å². The number of fused-ring (bicyclic) bond motifs is 1. The van der Waals surface area contributed by atoms with E-state index >= 15 is 0 Å².